The van der Waals surface area contributed by atoms with E-state index < -0.39 is 9.32 Å². The second kappa shape index (κ2) is 2.37. The third kappa shape index (κ3) is 2.14. The van der Waals surface area contributed by atoms with Crippen LogP contribution in [-0.4, -0.2) is 14.0 Å². The summed E-state index contributed by atoms with van der Waals surface area (Å²) in [5.74, 6) is 0. The highest BCUT2D eigenvalue weighted by Gasteiger charge is 2.46. The number of aromatic nitrogens is 1. The van der Waals surface area contributed by atoms with Crippen molar-refractivity contribution >= 4 is 9.32 Å². The van der Waals surface area contributed by atoms with Crippen molar-refractivity contribution in [2.45, 2.75) is 0 Å². The summed E-state index contributed by atoms with van der Waals surface area (Å²) in [6.45, 7) is 0. The van der Waals surface area contributed by atoms with E-state index in [1.165, 1.54) is 24.5 Å². The Bertz CT molecular complexity index is 195. The van der Waals surface area contributed by atoms with Gasteiger partial charge in [-0.15, -0.1) is 0 Å². The quantitative estimate of drug-likeness (QED) is 0.477. The summed E-state index contributed by atoms with van der Waals surface area (Å²) in [5, 5.41) is 0. The number of hydrogen-bond acceptors (Lipinski definition) is 1. The fraction of sp³-hybridized carbons (Fsp3) is 0. The summed E-state index contributed by atoms with van der Waals surface area (Å²) in [4.78, 5) is 0. The molecule has 2 nitrogen and oxygen atoms in total. The van der Waals surface area contributed by atoms with Gasteiger partial charge in [0.15, 0.2) is 0 Å². The second-order valence-electron chi connectivity index (χ2n) is 1.58. The maximum atomic E-state index is 11.5. The maximum Gasteiger partial charge on any atom is 0.895 e. The first-order chi connectivity index (χ1) is 4.58. The van der Waals surface area contributed by atoms with Crippen LogP contribution < -0.4 is 4.53 Å². The molecule has 1 aromatic heterocycles. The lowest BCUT2D eigenvalue weighted by Crippen LogP contribution is -2.32. The molecule has 6 heteroatoms. The lowest BCUT2D eigenvalue weighted by atomic mass is 10.7. The Balaban J connectivity index is 2.57. The molecular formula is C4H4F3NOSi. The summed E-state index contributed by atoms with van der Waals surface area (Å²) in [7, 11) is -5.90. The van der Waals surface area contributed by atoms with Gasteiger partial charge < -0.3 is 4.53 Å². The smallest absolute Gasteiger partial charge is 0.381 e. The Morgan fingerprint density at radius 1 is 1.10 bits per heavy atom. The third-order valence-corrected chi connectivity index (χ3v) is 1.20. The van der Waals surface area contributed by atoms with Crippen LogP contribution in [-0.2, 0) is 0 Å². The molecule has 0 aliphatic rings. The van der Waals surface area contributed by atoms with Gasteiger partial charge >= 0.3 is 9.32 Å². The SMILES string of the molecule is F[Si](F)(F)On1cccc1. The van der Waals surface area contributed by atoms with Crippen molar-refractivity contribution in [3.63, 3.8) is 0 Å². The van der Waals surface area contributed by atoms with Gasteiger partial charge in [0.05, 0.1) is 0 Å². The minimum absolute atomic E-state index is 0.645. The zero-order valence-electron chi connectivity index (χ0n) is 4.80. The number of halogens is 3. The van der Waals surface area contributed by atoms with Crippen LogP contribution in [0.4, 0.5) is 12.3 Å². The Morgan fingerprint density at radius 3 is 2.00 bits per heavy atom. The predicted octanol–water partition coefficient (Wildman–Crippen LogP) is 1.26. The van der Waals surface area contributed by atoms with E-state index in [-0.39, 0.29) is 0 Å². The highest BCUT2D eigenvalue weighted by Crippen LogP contribution is 2.05. The predicted molar refractivity (Wildman–Crippen MR) is 30.1 cm³/mol. The monoisotopic (exact) mass is 167 g/mol. The average molecular weight is 167 g/mol. The van der Waals surface area contributed by atoms with Crippen molar-refractivity contribution in [3.8, 4) is 0 Å². The number of rotatable bonds is 2. The van der Waals surface area contributed by atoms with Crippen LogP contribution in [0.25, 0.3) is 0 Å². The summed E-state index contributed by atoms with van der Waals surface area (Å²) < 4.78 is 38.8. The van der Waals surface area contributed by atoms with Crippen LogP contribution >= 0.6 is 0 Å². The van der Waals surface area contributed by atoms with Gasteiger partial charge in [0.25, 0.3) is 0 Å². The average Bonchev–Trinajstić information content (AvgIpc) is 2.12. The Kier molecular flexibility index (Phi) is 1.71. The van der Waals surface area contributed by atoms with Crippen molar-refractivity contribution < 1.29 is 16.9 Å². The van der Waals surface area contributed by atoms with E-state index >= 15 is 0 Å². The Hall–Kier alpha value is -0.913. The highest BCUT2D eigenvalue weighted by atomic mass is 28.5. The molecule has 0 spiro atoms. The zero-order valence-corrected chi connectivity index (χ0v) is 5.80. The van der Waals surface area contributed by atoms with Crippen LogP contribution in [0.5, 0.6) is 0 Å². The van der Waals surface area contributed by atoms with Crippen molar-refractivity contribution in [3.05, 3.63) is 24.5 Å². The molecular weight excluding hydrogens is 163 g/mol. The van der Waals surface area contributed by atoms with Crippen LogP contribution in [0.1, 0.15) is 0 Å². The highest BCUT2D eigenvalue weighted by molar-refractivity contribution is 6.51. The topological polar surface area (TPSA) is 14.2 Å². The molecule has 0 saturated carbocycles. The standard InChI is InChI=1S/C4H4F3NOSi/c5-10(6,7)9-8-3-1-2-4-8/h1-4H. The zero-order chi connectivity index (χ0) is 7.61. The normalized spacial score (nSPS) is 11.5. The van der Waals surface area contributed by atoms with Crippen molar-refractivity contribution in [1.29, 1.82) is 0 Å². The molecule has 0 fully saturated rings. The fourth-order valence-electron chi connectivity index (χ4n) is 0.499. The molecule has 1 aromatic rings. The van der Waals surface area contributed by atoms with Gasteiger partial charge in [0, 0.05) is 12.4 Å². The molecule has 0 aromatic carbocycles. The van der Waals surface area contributed by atoms with Gasteiger partial charge in [0.2, 0.25) is 0 Å². The van der Waals surface area contributed by atoms with E-state index in [1.807, 2.05) is 0 Å². The molecule has 0 N–H and O–H groups in total. The van der Waals surface area contributed by atoms with Gasteiger partial charge in [0.1, 0.15) is 0 Å². The van der Waals surface area contributed by atoms with Crippen LogP contribution in [0, 0.1) is 0 Å². The number of nitrogens with zero attached hydrogens (tertiary/aromatic N) is 1. The van der Waals surface area contributed by atoms with E-state index in [1.54, 1.807) is 0 Å². The molecule has 0 atom stereocenters. The molecule has 56 valence electrons. The fourth-order valence-corrected chi connectivity index (χ4v) is 0.860. The van der Waals surface area contributed by atoms with E-state index in [2.05, 4.69) is 4.53 Å². The van der Waals surface area contributed by atoms with Crippen molar-refractivity contribution in [2.24, 2.45) is 0 Å². The van der Waals surface area contributed by atoms with Crippen LogP contribution in [0.15, 0.2) is 24.5 Å². The summed E-state index contributed by atoms with van der Waals surface area (Å²) in [6.07, 6.45) is 2.39. The summed E-state index contributed by atoms with van der Waals surface area (Å²) >= 11 is 0. The first-order valence-corrected chi connectivity index (χ1v) is 4.01. The van der Waals surface area contributed by atoms with Gasteiger partial charge in [-0.1, -0.05) is 0 Å². The Labute approximate surface area is 56.4 Å². The largest absolute Gasteiger partial charge is 0.895 e. The minimum atomic E-state index is -5.90. The maximum absolute atomic E-state index is 11.5. The molecule has 0 aliphatic carbocycles. The third-order valence-electron chi connectivity index (χ3n) is 0.786. The molecule has 0 amide bonds. The second-order valence-corrected chi connectivity index (χ2v) is 2.65. The molecule has 1 heterocycles. The Morgan fingerprint density at radius 2 is 1.60 bits per heavy atom. The first-order valence-electron chi connectivity index (χ1n) is 2.47. The van der Waals surface area contributed by atoms with E-state index in [0.29, 0.717) is 4.73 Å². The van der Waals surface area contributed by atoms with Gasteiger partial charge in [-0.25, -0.2) is 17.1 Å². The van der Waals surface area contributed by atoms with Gasteiger partial charge in [-0.05, 0) is 12.1 Å². The lowest BCUT2D eigenvalue weighted by molar-refractivity contribution is 0.155. The van der Waals surface area contributed by atoms with E-state index in [4.69, 9.17) is 0 Å². The summed E-state index contributed by atoms with van der Waals surface area (Å²) in [5.41, 5.74) is 0. The molecule has 0 unspecified atom stereocenters. The van der Waals surface area contributed by atoms with Gasteiger partial charge in [-0.2, -0.15) is 0 Å². The van der Waals surface area contributed by atoms with E-state index in [0.717, 1.165) is 0 Å². The van der Waals surface area contributed by atoms with Crippen LogP contribution in [0.2, 0.25) is 0 Å². The molecule has 0 saturated heterocycles. The van der Waals surface area contributed by atoms with Crippen molar-refractivity contribution in [2.75, 3.05) is 0 Å². The minimum Gasteiger partial charge on any atom is -0.381 e. The molecule has 0 radical (unpaired) electrons. The van der Waals surface area contributed by atoms with Crippen LogP contribution in [0.3, 0.4) is 0 Å². The van der Waals surface area contributed by atoms with Gasteiger partial charge in [-0.3, -0.25) is 0 Å². The number of hydrogen-bond donors (Lipinski definition) is 0. The molecule has 0 aliphatic heterocycles. The van der Waals surface area contributed by atoms with Crippen molar-refractivity contribution in [1.82, 2.24) is 4.73 Å². The summed E-state index contributed by atoms with van der Waals surface area (Å²) in [6, 6.07) is 2.92. The molecule has 10 heavy (non-hydrogen) atoms. The van der Waals surface area contributed by atoms with E-state index in [9.17, 15) is 12.3 Å². The molecule has 0 bridgehead atoms. The molecule has 1 rings (SSSR count). The lowest BCUT2D eigenvalue weighted by Gasteiger charge is -2.04. The first kappa shape index (κ1) is 7.20.